The van der Waals surface area contributed by atoms with Gasteiger partial charge in [0.05, 0.1) is 16.0 Å². The molecule has 0 fully saturated rings. The van der Waals surface area contributed by atoms with Crippen molar-refractivity contribution in [1.29, 1.82) is 0 Å². The Hall–Kier alpha value is -1.48. The maximum absolute atomic E-state index is 12.7. The van der Waals surface area contributed by atoms with Crippen LogP contribution in [0.2, 0.25) is 0 Å². The molecular formula is C16H24ClN3O4S. The van der Waals surface area contributed by atoms with Crippen LogP contribution in [0.5, 0.6) is 0 Å². The maximum atomic E-state index is 12.7. The molecule has 7 nitrogen and oxygen atoms in total. The fourth-order valence-electron chi connectivity index (χ4n) is 2.96. The lowest BCUT2D eigenvalue weighted by molar-refractivity contribution is 0.0693. The first-order valence-electron chi connectivity index (χ1n) is 7.71. The van der Waals surface area contributed by atoms with Gasteiger partial charge in [-0.15, -0.1) is 12.4 Å². The molecular weight excluding hydrogens is 366 g/mol. The summed E-state index contributed by atoms with van der Waals surface area (Å²) in [5, 5.41) is 0. The van der Waals surface area contributed by atoms with Crippen molar-refractivity contribution in [3.63, 3.8) is 0 Å². The van der Waals surface area contributed by atoms with Gasteiger partial charge >= 0.3 is 0 Å². The Morgan fingerprint density at radius 3 is 2.28 bits per heavy atom. The molecule has 1 aliphatic heterocycles. The smallest absolute Gasteiger partial charge is 0.261 e. The predicted octanol–water partition coefficient (Wildman–Crippen LogP) is 1.38. The van der Waals surface area contributed by atoms with Gasteiger partial charge in [0.25, 0.3) is 11.8 Å². The van der Waals surface area contributed by atoms with Crippen LogP contribution >= 0.6 is 12.4 Å². The van der Waals surface area contributed by atoms with E-state index in [9.17, 15) is 18.0 Å². The lowest BCUT2D eigenvalue weighted by Crippen LogP contribution is -2.52. The molecule has 0 saturated carbocycles. The highest BCUT2D eigenvalue weighted by Gasteiger charge is 2.35. The van der Waals surface area contributed by atoms with Crippen LogP contribution < -0.4 is 10.5 Å². The molecule has 9 heteroatoms. The summed E-state index contributed by atoms with van der Waals surface area (Å²) < 4.78 is 28.0. The number of hydrogen-bond donors (Lipinski definition) is 2. The number of rotatable bonds is 6. The van der Waals surface area contributed by atoms with Crippen molar-refractivity contribution in [2.75, 3.05) is 13.6 Å². The average Bonchev–Trinajstić information content (AvgIpc) is 2.70. The molecule has 1 unspecified atom stereocenters. The van der Waals surface area contributed by atoms with E-state index in [-0.39, 0.29) is 40.9 Å². The molecule has 1 aliphatic rings. The van der Waals surface area contributed by atoms with Crippen molar-refractivity contribution in [3.8, 4) is 0 Å². The van der Waals surface area contributed by atoms with Crippen LogP contribution in [0.4, 0.5) is 0 Å². The molecule has 25 heavy (non-hydrogen) atoms. The fourth-order valence-corrected chi connectivity index (χ4v) is 4.41. The zero-order valence-electron chi connectivity index (χ0n) is 14.7. The molecule has 0 aliphatic carbocycles. The van der Waals surface area contributed by atoms with Crippen LogP contribution in [0.15, 0.2) is 23.1 Å². The lowest BCUT2D eigenvalue weighted by Gasteiger charge is -2.30. The summed E-state index contributed by atoms with van der Waals surface area (Å²) in [7, 11) is -2.50. The Bertz CT molecular complexity index is 795. The van der Waals surface area contributed by atoms with Crippen molar-refractivity contribution in [2.24, 2.45) is 11.7 Å². The minimum atomic E-state index is -3.87. The number of imide groups is 1. The van der Waals surface area contributed by atoms with Gasteiger partial charge in [0, 0.05) is 19.1 Å². The highest BCUT2D eigenvalue weighted by atomic mass is 35.5. The number of carbonyl (C=O) groups is 2. The second kappa shape index (κ2) is 7.41. The van der Waals surface area contributed by atoms with Crippen molar-refractivity contribution in [2.45, 2.75) is 37.6 Å². The molecule has 140 valence electrons. The number of amides is 2. The molecule has 1 aromatic rings. The van der Waals surface area contributed by atoms with Gasteiger partial charge in [-0.1, -0.05) is 13.8 Å². The van der Waals surface area contributed by atoms with Gasteiger partial charge in [-0.2, -0.15) is 0 Å². The third-order valence-corrected chi connectivity index (χ3v) is 5.70. The number of nitrogens with zero attached hydrogens (tertiary/aromatic N) is 1. The highest BCUT2D eigenvalue weighted by molar-refractivity contribution is 7.89. The molecule has 2 rings (SSSR count). The van der Waals surface area contributed by atoms with Crippen LogP contribution in [0.3, 0.4) is 0 Å². The first kappa shape index (κ1) is 21.6. The van der Waals surface area contributed by atoms with E-state index in [1.54, 1.807) is 6.92 Å². The Balaban J connectivity index is 0.00000312. The standard InChI is InChI=1S/C16H23N3O4S.ClH/c1-10(2)8-16(3,9-17)18-24(22,23)11-5-6-12-13(7-11)15(21)19(4)14(12)20;/h5-7,10,18H,8-9,17H2,1-4H3;1H. The largest absolute Gasteiger partial charge is 0.329 e. The van der Waals surface area contributed by atoms with E-state index >= 15 is 0 Å². The van der Waals surface area contributed by atoms with E-state index < -0.39 is 27.4 Å². The Morgan fingerprint density at radius 2 is 1.76 bits per heavy atom. The van der Waals surface area contributed by atoms with Crippen LogP contribution in [-0.2, 0) is 10.0 Å². The van der Waals surface area contributed by atoms with E-state index in [4.69, 9.17) is 5.73 Å². The summed E-state index contributed by atoms with van der Waals surface area (Å²) >= 11 is 0. The average molecular weight is 390 g/mol. The maximum Gasteiger partial charge on any atom is 0.261 e. The third-order valence-electron chi connectivity index (χ3n) is 4.06. The Morgan fingerprint density at radius 1 is 1.20 bits per heavy atom. The minimum Gasteiger partial charge on any atom is -0.329 e. The van der Waals surface area contributed by atoms with Gasteiger partial charge < -0.3 is 5.73 Å². The quantitative estimate of drug-likeness (QED) is 0.714. The van der Waals surface area contributed by atoms with Crippen molar-refractivity contribution in [1.82, 2.24) is 9.62 Å². The van der Waals surface area contributed by atoms with Gasteiger partial charge in [-0.3, -0.25) is 14.5 Å². The molecule has 1 aromatic carbocycles. The number of hydrogen-bond acceptors (Lipinski definition) is 5. The zero-order valence-corrected chi connectivity index (χ0v) is 16.3. The summed E-state index contributed by atoms with van der Waals surface area (Å²) in [5.74, 6) is -0.677. The Kier molecular flexibility index (Phi) is 6.39. The van der Waals surface area contributed by atoms with E-state index in [0.717, 1.165) is 4.90 Å². The molecule has 0 radical (unpaired) electrons. The van der Waals surface area contributed by atoms with Gasteiger partial charge in [0.2, 0.25) is 10.0 Å². The van der Waals surface area contributed by atoms with Crippen molar-refractivity contribution < 1.29 is 18.0 Å². The minimum absolute atomic E-state index is 0. The molecule has 0 aromatic heterocycles. The molecule has 0 bridgehead atoms. The second-order valence-electron chi connectivity index (χ2n) is 6.84. The summed E-state index contributed by atoms with van der Waals surface area (Å²) in [6.07, 6.45) is 0.577. The number of halogens is 1. The van der Waals surface area contributed by atoms with Crippen LogP contribution in [-0.4, -0.2) is 44.3 Å². The molecule has 0 saturated heterocycles. The third kappa shape index (κ3) is 4.20. The SMILES string of the molecule is CC(C)CC(C)(CN)NS(=O)(=O)c1ccc2c(c1)C(=O)N(C)C2=O.Cl. The monoisotopic (exact) mass is 389 g/mol. The summed E-state index contributed by atoms with van der Waals surface area (Å²) in [5.41, 5.74) is 5.28. The van der Waals surface area contributed by atoms with E-state index in [0.29, 0.717) is 6.42 Å². The first-order valence-corrected chi connectivity index (χ1v) is 9.19. The zero-order chi connectivity index (χ0) is 18.3. The van der Waals surface area contributed by atoms with Crippen LogP contribution in [0.1, 0.15) is 47.9 Å². The molecule has 1 atom stereocenters. The number of benzene rings is 1. The molecule has 2 amide bonds. The number of carbonyl (C=O) groups excluding carboxylic acids is 2. The normalized spacial score (nSPS) is 16.6. The van der Waals surface area contributed by atoms with Gasteiger partial charge in [-0.25, -0.2) is 13.1 Å². The molecule has 0 spiro atoms. The summed E-state index contributed by atoms with van der Waals surface area (Å²) in [4.78, 5) is 24.8. The number of sulfonamides is 1. The van der Waals surface area contributed by atoms with Gasteiger partial charge in [0.1, 0.15) is 0 Å². The topological polar surface area (TPSA) is 110 Å². The first-order chi connectivity index (χ1) is 11.0. The fraction of sp³-hybridized carbons (Fsp3) is 0.500. The van der Waals surface area contributed by atoms with E-state index in [2.05, 4.69) is 4.72 Å². The molecule has 3 N–H and O–H groups in total. The predicted molar refractivity (Wildman–Crippen MR) is 97.3 cm³/mol. The van der Waals surface area contributed by atoms with Crippen LogP contribution in [0.25, 0.3) is 0 Å². The number of fused-ring (bicyclic) bond motifs is 1. The van der Waals surface area contributed by atoms with Crippen LogP contribution in [0, 0.1) is 5.92 Å². The van der Waals surface area contributed by atoms with Crippen molar-refractivity contribution >= 4 is 34.2 Å². The Labute approximate surface area is 154 Å². The summed E-state index contributed by atoms with van der Waals surface area (Å²) in [6, 6.07) is 3.95. The highest BCUT2D eigenvalue weighted by Crippen LogP contribution is 2.26. The second-order valence-corrected chi connectivity index (χ2v) is 8.53. The lowest BCUT2D eigenvalue weighted by atomic mass is 9.92. The number of nitrogens with two attached hydrogens (primary N) is 1. The van der Waals surface area contributed by atoms with Crippen molar-refractivity contribution in [3.05, 3.63) is 29.3 Å². The van der Waals surface area contributed by atoms with E-state index in [1.807, 2.05) is 13.8 Å². The molecule has 1 heterocycles. The number of nitrogens with one attached hydrogen (secondary N) is 1. The van der Waals surface area contributed by atoms with Gasteiger partial charge in [-0.05, 0) is 37.5 Å². The van der Waals surface area contributed by atoms with Gasteiger partial charge in [0.15, 0.2) is 0 Å². The van der Waals surface area contributed by atoms with E-state index in [1.165, 1.54) is 25.2 Å². The summed E-state index contributed by atoms with van der Waals surface area (Å²) in [6.45, 7) is 5.87.